The molecule has 4 aromatic rings. The van der Waals surface area contributed by atoms with Crippen molar-refractivity contribution in [3.8, 4) is 0 Å². The Balaban J connectivity index is 0.000000248. The summed E-state index contributed by atoms with van der Waals surface area (Å²) in [5, 5.41) is 19.2. The molecule has 107 heavy (non-hydrogen) atoms. The number of aromatic nitrogens is 2. The number of methoxy groups -OCH3 is 2. The van der Waals surface area contributed by atoms with Crippen LogP contribution in [0.4, 0.5) is 9.59 Å². The van der Waals surface area contributed by atoms with Crippen LogP contribution in [0, 0.1) is 53.3 Å². The number of Topliss-reactive ketones (excluding diaryl/α,β-unsaturated/α-hetero) is 5. The molecule has 3 N–H and O–H groups in total. The molecule has 2 unspecified atom stereocenters. The van der Waals surface area contributed by atoms with Crippen molar-refractivity contribution < 1.29 is 90.8 Å². The van der Waals surface area contributed by atoms with Crippen molar-refractivity contribution in [3.05, 3.63) is 96.3 Å². The van der Waals surface area contributed by atoms with E-state index < -0.39 is 149 Å². The maximum absolute atomic E-state index is 14.4. The van der Waals surface area contributed by atoms with Gasteiger partial charge in [0.1, 0.15) is 53.0 Å². The zero-order valence-corrected chi connectivity index (χ0v) is 65.9. The van der Waals surface area contributed by atoms with Gasteiger partial charge in [-0.1, -0.05) is 102 Å². The van der Waals surface area contributed by atoms with Crippen LogP contribution in [0.25, 0.3) is 34.0 Å². The molecule has 0 bridgehead atoms. The molecule has 0 radical (unpaired) electrons. The van der Waals surface area contributed by atoms with Crippen LogP contribution in [0.15, 0.2) is 85.2 Å². The summed E-state index contributed by atoms with van der Waals surface area (Å²) in [4.78, 5) is 122. The molecule has 10 rings (SSSR count). The van der Waals surface area contributed by atoms with E-state index in [-0.39, 0.29) is 73.2 Å². The smallest absolute Gasteiger partial charge is 0.408 e. The topological polar surface area (TPSA) is 302 Å². The fraction of sp³-hybridized carbons (Fsp3) is 0.639. The number of ether oxygens (including phenoxy) is 10. The van der Waals surface area contributed by atoms with Crippen LogP contribution < -0.4 is 10.6 Å². The van der Waals surface area contributed by atoms with Crippen molar-refractivity contribution in [2.75, 3.05) is 28.3 Å². The van der Waals surface area contributed by atoms with Crippen molar-refractivity contribution in [1.82, 2.24) is 25.5 Å². The van der Waals surface area contributed by atoms with Crippen molar-refractivity contribution in [2.24, 2.45) is 53.3 Å². The predicted molar refractivity (Wildman–Crippen MR) is 402 cm³/mol. The zero-order valence-electron chi connectivity index (χ0n) is 65.9. The monoisotopic (exact) mass is 1490 g/mol. The normalized spacial score (nSPS) is 38.1. The van der Waals surface area contributed by atoms with Gasteiger partial charge in [-0.05, 0) is 163 Å². The first-order valence-electron chi connectivity index (χ1n) is 38.1. The fourth-order valence-electron chi connectivity index (χ4n) is 17.2. The van der Waals surface area contributed by atoms with E-state index in [1.54, 1.807) is 81.6 Å². The highest BCUT2D eigenvalue weighted by Gasteiger charge is 2.59. The van der Waals surface area contributed by atoms with Gasteiger partial charge in [-0.25, -0.2) is 9.59 Å². The van der Waals surface area contributed by atoms with Crippen LogP contribution in [0.3, 0.4) is 0 Å². The number of allylic oxidation sites excluding steroid dienone is 2. The molecular formula is C83H115N5O19. The van der Waals surface area contributed by atoms with E-state index in [0.29, 0.717) is 32.1 Å². The number of carbonyl (C=O) groups is 8. The lowest BCUT2D eigenvalue weighted by Crippen LogP contribution is -2.59. The van der Waals surface area contributed by atoms with E-state index in [1.165, 1.54) is 21.1 Å². The maximum atomic E-state index is 14.4. The average molecular weight is 1490 g/mol. The Morgan fingerprint density at radius 2 is 1.03 bits per heavy atom. The molecule has 1 saturated carbocycles. The van der Waals surface area contributed by atoms with Crippen molar-refractivity contribution in [2.45, 2.75) is 258 Å². The number of likely N-dealkylation sites (N-methyl/N-ethyl adjacent to an activating group) is 1. The van der Waals surface area contributed by atoms with Gasteiger partial charge in [-0.2, -0.15) is 0 Å². The number of aliphatic hydroxyl groups excluding tert-OH is 1. The highest BCUT2D eigenvalue weighted by atomic mass is 16.9. The van der Waals surface area contributed by atoms with Crippen LogP contribution in [0.2, 0.25) is 0 Å². The van der Waals surface area contributed by atoms with E-state index in [0.717, 1.165) is 32.9 Å². The quantitative estimate of drug-likeness (QED) is 0.0566. The van der Waals surface area contributed by atoms with Gasteiger partial charge in [-0.15, -0.1) is 0 Å². The Morgan fingerprint density at radius 1 is 0.570 bits per heavy atom. The SMILES string of the molecule is CO[C@]1(C)C[C@@H](C)C(=O)[C@H](C)[C@H]2NC(=O)O[C@]2(C)[C@@H](CC/C=C/c2cnc3ccccc3c2)CC(=O)[C@H](C)C(=O)[C@H](C)[C@H]1O[C@@H]1O[C@H](C)C[C@H](N(C)C)[C@H]1O.CO[C@]1(C)C[C@@H](C)C(=O)[C@H](C)[C@H]2NC(=O)O[C@]2(C)[C@@H](CC/C=C/c2cnc3ccccc3c2)OC(=O)[C@H](C)C(=O)[C@H](C)[C@H]1OC1OC(C)CC(C)O1. The lowest BCUT2D eigenvalue weighted by molar-refractivity contribution is -0.373. The summed E-state index contributed by atoms with van der Waals surface area (Å²) in [6, 6.07) is 18.0. The molecule has 2 amide bonds. The number of ketones is 5. The van der Waals surface area contributed by atoms with E-state index in [2.05, 4.69) is 26.7 Å². The largest absolute Gasteiger partial charge is 0.457 e. The van der Waals surface area contributed by atoms with Gasteiger partial charge in [0.25, 0.3) is 6.48 Å². The third-order valence-corrected chi connectivity index (χ3v) is 23.8. The highest BCUT2D eigenvalue weighted by Crippen LogP contribution is 2.45. The molecule has 6 aliphatic rings. The number of cyclic esters (lactones) is 1. The molecule has 2 aromatic carbocycles. The van der Waals surface area contributed by atoms with E-state index in [1.807, 2.05) is 126 Å². The van der Waals surface area contributed by atoms with E-state index in [9.17, 15) is 43.5 Å². The van der Waals surface area contributed by atoms with Gasteiger partial charge in [0.2, 0.25) is 0 Å². The first-order valence-corrected chi connectivity index (χ1v) is 38.1. The molecule has 5 aliphatic heterocycles. The lowest BCUT2D eigenvalue weighted by Gasteiger charge is -2.47. The summed E-state index contributed by atoms with van der Waals surface area (Å²) in [6.45, 7) is 25.3. The molecule has 24 nitrogen and oxygen atoms in total. The molecule has 1 aliphatic carbocycles. The molecule has 7 heterocycles. The van der Waals surface area contributed by atoms with E-state index >= 15 is 0 Å². The second-order valence-corrected chi connectivity index (χ2v) is 32.1. The number of hydrogen-bond donors (Lipinski definition) is 3. The Labute approximate surface area is 630 Å². The Hall–Kier alpha value is -7.26. The molecule has 0 spiro atoms. The van der Waals surface area contributed by atoms with E-state index in [4.69, 9.17) is 47.4 Å². The summed E-state index contributed by atoms with van der Waals surface area (Å²) in [5.74, 6) is -9.31. The van der Waals surface area contributed by atoms with Gasteiger partial charge in [0.15, 0.2) is 17.7 Å². The van der Waals surface area contributed by atoms with Gasteiger partial charge < -0.3 is 68.0 Å². The van der Waals surface area contributed by atoms with Crippen molar-refractivity contribution >= 4 is 81.0 Å². The number of fused-ring (bicyclic) bond motifs is 4. The van der Waals surface area contributed by atoms with Crippen molar-refractivity contribution in [3.63, 3.8) is 0 Å². The maximum Gasteiger partial charge on any atom is 0.408 e. The van der Waals surface area contributed by atoms with Gasteiger partial charge >= 0.3 is 18.2 Å². The summed E-state index contributed by atoms with van der Waals surface area (Å²) in [6.07, 6.45) is 7.65. The number of rotatable bonds is 15. The van der Waals surface area contributed by atoms with Gasteiger partial charge in [-0.3, -0.25) is 38.7 Å². The minimum Gasteiger partial charge on any atom is -0.457 e. The number of alkyl carbamates (subject to hydrolysis) is 2. The minimum atomic E-state index is -1.42. The summed E-state index contributed by atoms with van der Waals surface area (Å²) in [5.41, 5.74) is -1.43. The number of hydrogen-bond acceptors (Lipinski definition) is 22. The van der Waals surface area contributed by atoms with Crippen molar-refractivity contribution in [1.29, 1.82) is 0 Å². The standard InChI is InChI=1S/C43H61N3O9.C40H54N2O10/c1-24-22-42(6,52-10)39(54-40-37(50)33(46(8)9)19-25(2)53-40)28(5)36(49)26(3)34(47)21-31(43(7)38(27(4)35(24)48)45-41(51)55-43)17-13-11-15-29-20-30-16-12-14-18-32(30)44-23-29;1-22-20-39(7,47-9)35(51-38-48-23(2)18-24(3)49-38)26(5)33(44)27(6)36(45)50-31(40(8)34(25(4)32(22)43)42-37(46)52-40)17-13-10-14-28-19-29-15-11-12-16-30(29)41-21-28/h11-12,14-16,18,20,23-28,31,33,37-40,50H,13,17,19,21-22H2,1-10H3,(H,45,51);10-12,14-16,19,21-27,31,34-35,38H,13,17-18,20H2,1-9H3,(H,42,46)/b15-11+;14-10+/t24-,25-,26+,27+,28+,31+,33+,37-,38-,39-,40+,42-,43-;22-,23?,24?,25+,26+,27-,31-,34-,35-,38?,39-,40-/m11/s1. The molecule has 2 aromatic heterocycles. The summed E-state index contributed by atoms with van der Waals surface area (Å²) in [7, 11) is 6.77. The number of para-hydroxylation sites is 2. The lowest BCUT2D eigenvalue weighted by atomic mass is 9.69. The molecule has 5 saturated heterocycles. The van der Waals surface area contributed by atoms with Gasteiger partial charge in [0, 0.05) is 91.3 Å². The van der Waals surface area contributed by atoms with Crippen LogP contribution in [0.1, 0.15) is 173 Å². The third kappa shape index (κ3) is 19.0. The second-order valence-electron chi connectivity index (χ2n) is 32.1. The van der Waals surface area contributed by atoms with Crippen LogP contribution >= 0.6 is 0 Å². The van der Waals surface area contributed by atoms with Crippen LogP contribution in [-0.2, 0) is 76.1 Å². The molecule has 24 atom stereocenters. The zero-order chi connectivity index (χ0) is 78.4. The first kappa shape index (κ1) is 83.8. The fourth-order valence-corrected chi connectivity index (χ4v) is 17.2. The summed E-state index contributed by atoms with van der Waals surface area (Å²) >= 11 is 0. The number of carbonyl (C=O) groups excluding carboxylic acids is 8. The number of pyridine rings is 2. The number of benzene rings is 2. The third-order valence-electron chi connectivity index (χ3n) is 23.8. The van der Waals surface area contributed by atoms with Crippen LogP contribution in [-0.4, -0.2) is 191 Å². The molecule has 586 valence electrons. The Kier molecular flexibility index (Phi) is 27.5. The summed E-state index contributed by atoms with van der Waals surface area (Å²) < 4.78 is 61.3. The number of aliphatic hydroxyl groups is 1. The molecule has 24 heteroatoms. The molecular weight excluding hydrogens is 1370 g/mol. The van der Waals surface area contributed by atoms with Gasteiger partial charge in [0.05, 0.1) is 64.7 Å². The second kappa shape index (κ2) is 35.2. The predicted octanol–water partition coefficient (Wildman–Crippen LogP) is 12.0. The minimum absolute atomic E-state index is 0.0526. The Bertz CT molecular complexity index is 3890. The number of nitrogens with one attached hydrogen (secondary N) is 2. The number of nitrogens with zero attached hydrogens (tertiary/aromatic N) is 3. The number of amides is 2. The average Bonchev–Trinajstić information content (AvgIpc) is 1.67. The first-order chi connectivity index (χ1) is 50.4. The Morgan fingerprint density at radius 3 is 1.53 bits per heavy atom. The molecule has 6 fully saturated rings. The number of esters is 1. The van der Waals surface area contributed by atoms with Crippen LogP contribution in [0.5, 0.6) is 0 Å². The highest BCUT2D eigenvalue weighted by molar-refractivity contribution is 6.03.